The van der Waals surface area contributed by atoms with Crippen molar-refractivity contribution < 1.29 is 9.53 Å². The summed E-state index contributed by atoms with van der Waals surface area (Å²) in [5.41, 5.74) is 0. The molecule has 4 nitrogen and oxygen atoms in total. The van der Waals surface area contributed by atoms with Crippen molar-refractivity contribution in [2.24, 2.45) is 0 Å². The van der Waals surface area contributed by atoms with E-state index in [1.807, 2.05) is 24.3 Å². The summed E-state index contributed by atoms with van der Waals surface area (Å²) in [6.45, 7) is 3.70. The van der Waals surface area contributed by atoms with E-state index in [0.717, 1.165) is 36.0 Å². The molecule has 0 saturated carbocycles. The van der Waals surface area contributed by atoms with Crippen molar-refractivity contribution in [3.05, 3.63) is 28.7 Å². The summed E-state index contributed by atoms with van der Waals surface area (Å²) in [4.78, 5) is 11.9. The van der Waals surface area contributed by atoms with Gasteiger partial charge in [-0.15, -0.1) is 0 Å². The van der Waals surface area contributed by atoms with Gasteiger partial charge in [-0.05, 0) is 50.9 Å². The average Bonchev–Trinajstić information content (AvgIpc) is 2.44. The van der Waals surface area contributed by atoms with Crippen LogP contribution in [0.5, 0.6) is 5.75 Å². The van der Waals surface area contributed by atoms with Gasteiger partial charge in [0.15, 0.2) is 0 Å². The summed E-state index contributed by atoms with van der Waals surface area (Å²) >= 11 is 3.41. The third kappa shape index (κ3) is 6.06. The van der Waals surface area contributed by atoms with Crippen LogP contribution in [0.15, 0.2) is 28.7 Å². The monoisotopic (exact) mass is 354 g/mol. The van der Waals surface area contributed by atoms with Crippen molar-refractivity contribution in [1.29, 1.82) is 0 Å². The van der Waals surface area contributed by atoms with E-state index in [9.17, 15) is 4.79 Å². The predicted molar refractivity (Wildman–Crippen MR) is 87.5 cm³/mol. The largest absolute Gasteiger partial charge is 0.494 e. The molecule has 1 amide bonds. The summed E-state index contributed by atoms with van der Waals surface area (Å²) in [7, 11) is 0. The van der Waals surface area contributed by atoms with Gasteiger partial charge in [0.2, 0.25) is 5.91 Å². The Morgan fingerprint density at radius 2 is 2.38 bits per heavy atom. The van der Waals surface area contributed by atoms with Crippen molar-refractivity contribution >= 4 is 21.8 Å². The van der Waals surface area contributed by atoms with E-state index in [-0.39, 0.29) is 5.91 Å². The molecule has 1 aromatic carbocycles. The second-order valence-electron chi connectivity index (χ2n) is 5.55. The average molecular weight is 355 g/mol. The number of benzene rings is 1. The van der Waals surface area contributed by atoms with Gasteiger partial charge in [0.1, 0.15) is 5.75 Å². The standard InChI is InChI=1S/C16H23BrN2O2/c1-12-10-14(7-8-18-12)19-16(20)6-3-9-21-15-5-2-4-13(17)11-15/h2,4-5,11-12,14,18H,3,6-10H2,1H3,(H,19,20). The lowest BCUT2D eigenvalue weighted by atomic mass is 10.0. The molecule has 2 N–H and O–H groups in total. The first-order chi connectivity index (χ1) is 10.1. The minimum absolute atomic E-state index is 0.131. The zero-order valence-corrected chi connectivity index (χ0v) is 14.0. The Morgan fingerprint density at radius 3 is 3.14 bits per heavy atom. The third-order valence-corrected chi connectivity index (χ3v) is 4.10. The van der Waals surface area contributed by atoms with E-state index in [1.54, 1.807) is 0 Å². The van der Waals surface area contributed by atoms with Crippen LogP contribution < -0.4 is 15.4 Å². The van der Waals surface area contributed by atoms with Gasteiger partial charge in [0.05, 0.1) is 6.61 Å². The van der Waals surface area contributed by atoms with Crippen LogP contribution in [0.2, 0.25) is 0 Å². The summed E-state index contributed by atoms with van der Waals surface area (Å²) < 4.78 is 6.62. The predicted octanol–water partition coefficient (Wildman–Crippen LogP) is 2.86. The molecule has 2 unspecified atom stereocenters. The topological polar surface area (TPSA) is 50.4 Å². The van der Waals surface area contributed by atoms with Gasteiger partial charge >= 0.3 is 0 Å². The fourth-order valence-electron chi connectivity index (χ4n) is 2.54. The number of rotatable bonds is 6. The Labute approximate surface area is 134 Å². The van der Waals surface area contributed by atoms with Crippen LogP contribution in [0.1, 0.15) is 32.6 Å². The van der Waals surface area contributed by atoms with Crippen LogP contribution in [0.25, 0.3) is 0 Å². The lowest BCUT2D eigenvalue weighted by molar-refractivity contribution is -0.122. The summed E-state index contributed by atoms with van der Waals surface area (Å²) in [6.07, 6.45) is 3.29. The summed E-state index contributed by atoms with van der Waals surface area (Å²) in [6, 6.07) is 8.55. The highest BCUT2D eigenvalue weighted by molar-refractivity contribution is 9.10. The molecule has 0 aliphatic carbocycles. The summed E-state index contributed by atoms with van der Waals surface area (Å²) in [5.74, 6) is 0.962. The van der Waals surface area contributed by atoms with E-state index in [0.29, 0.717) is 25.1 Å². The Kier molecular flexibility index (Phi) is 6.51. The quantitative estimate of drug-likeness (QED) is 0.772. The Balaban J connectivity index is 1.61. The SMILES string of the molecule is CC1CC(NC(=O)CCCOc2cccc(Br)c2)CCN1. The number of halogens is 1. The first kappa shape index (κ1) is 16.3. The lowest BCUT2D eigenvalue weighted by Crippen LogP contribution is -2.46. The minimum atomic E-state index is 0.131. The molecule has 1 saturated heterocycles. The molecule has 2 rings (SSSR count). The Morgan fingerprint density at radius 1 is 1.52 bits per heavy atom. The van der Waals surface area contributed by atoms with Crippen molar-refractivity contribution in [2.75, 3.05) is 13.2 Å². The number of nitrogens with one attached hydrogen (secondary N) is 2. The van der Waals surface area contributed by atoms with Crippen LogP contribution in [0.4, 0.5) is 0 Å². The van der Waals surface area contributed by atoms with Gasteiger partial charge in [0, 0.05) is 23.0 Å². The fourth-order valence-corrected chi connectivity index (χ4v) is 2.92. The molecule has 116 valence electrons. The van der Waals surface area contributed by atoms with Crippen molar-refractivity contribution in [3.63, 3.8) is 0 Å². The Hall–Kier alpha value is -1.07. The molecule has 21 heavy (non-hydrogen) atoms. The minimum Gasteiger partial charge on any atom is -0.494 e. The maximum atomic E-state index is 11.9. The zero-order chi connectivity index (χ0) is 15.1. The molecular formula is C16H23BrN2O2. The molecule has 1 aliphatic rings. The molecule has 2 atom stereocenters. The van der Waals surface area contributed by atoms with Gasteiger partial charge in [0.25, 0.3) is 0 Å². The number of hydrogen-bond donors (Lipinski definition) is 2. The van der Waals surface area contributed by atoms with Crippen molar-refractivity contribution in [2.45, 2.75) is 44.7 Å². The van der Waals surface area contributed by atoms with Gasteiger partial charge in [-0.25, -0.2) is 0 Å². The highest BCUT2D eigenvalue weighted by Crippen LogP contribution is 2.17. The van der Waals surface area contributed by atoms with Crippen LogP contribution in [-0.2, 0) is 4.79 Å². The molecular weight excluding hydrogens is 332 g/mol. The lowest BCUT2D eigenvalue weighted by Gasteiger charge is -2.28. The highest BCUT2D eigenvalue weighted by atomic mass is 79.9. The fraction of sp³-hybridized carbons (Fsp3) is 0.562. The van der Waals surface area contributed by atoms with Crippen LogP contribution in [0, 0.1) is 0 Å². The zero-order valence-electron chi connectivity index (χ0n) is 12.4. The van der Waals surface area contributed by atoms with E-state index in [4.69, 9.17) is 4.74 Å². The molecule has 1 heterocycles. The number of ether oxygens (including phenoxy) is 1. The molecule has 0 spiro atoms. The molecule has 0 bridgehead atoms. The van der Waals surface area contributed by atoms with E-state index in [2.05, 4.69) is 33.5 Å². The van der Waals surface area contributed by atoms with Crippen LogP contribution >= 0.6 is 15.9 Å². The number of carbonyl (C=O) groups excluding carboxylic acids is 1. The first-order valence-electron chi connectivity index (χ1n) is 7.54. The maximum absolute atomic E-state index is 11.9. The molecule has 0 aromatic heterocycles. The Bertz CT molecular complexity index is 467. The van der Waals surface area contributed by atoms with Crippen molar-refractivity contribution in [1.82, 2.24) is 10.6 Å². The number of carbonyl (C=O) groups is 1. The normalized spacial score (nSPS) is 21.8. The molecule has 1 fully saturated rings. The van der Waals surface area contributed by atoms with Crippen molar-refractivity contribution in [3.8, 4) is 5.75 Å². The number of amides is 1. The van der Waals surface area contributed by atoms with Crippen LogP contribution in [0.3, 0.4) is 0 Å². The van der Waals surface area contributed by atoms with E-state index in [1.165, 1.54) is 0 Å². The first-order valence-corrected chi connectivity index (χ1v) is 8.34. The third-order valence-electron chi connectivity index (χ3n) is 3.60. The van der Waals surface area contributed by atoms with Gasteiger partial charge < -0.3 is 15.4 Å². The number of piperidine rings is 1. The summed E-state index contributed by atoms with van der Waals surface area (Å²) in [5, 5.41) is 6.50. The molecule has 1 aliphatic heterocycles. The molecule has 5 heteroatoms. The van der Waals surface area contributed by atoms with Crippen LogP contribution in [-0.4, -0.2) is 31.1 Å². The molecule has 0 radical (unpaired) electrons. The smallest absolute Gasteiger partial charge is 0.220 e. The van der Waals surface area contributed by atoms with E-state index < -0.39 is 0 Å². The maximum Gasteiger partial charge on any atom is 0.220 e. The second-order valence-corrected chi connectivity index (χ2v) is 6.47. The van der Waals surface area contributed by atoms with E-state index >= 15 is 0 Å². The van der Waals surface area contributed by atoms with Gasteiger partial charge in [-0.2, -0.15) is 0 Å². The van der Waals surface area contributed by atoms with Gasteiger partial charge in [-0.3, -0.25) is 4.79 Å². The number of hydrogen-bond acceptors (Lipinski definition) is 3. The second kappa shape index (κ2) is 8.39. The highest BCUT2D eigenvalue weighted by Gasteiger charge is 2.19. The molecule has 1 aromatic rings. The van der Waals surface area contributed by atoms with Gasteiger partial charge in [-0.1, -0.05) is 22.0 Å².